The Morgan fingerprint density at radius 2 is 1.81 bits per heavy atom. The van der Waals surface area contributed by atoms with Crippen LogP contribution in [0.5, 0.6) is 0 Å². The third-order valence-corrected chi connectivity index (χ3v) is 7.69. The van der Waals surface area contributed by atoms with Gasteiger partial charge in [0.05, 0.1) is 30.2 Å². The van der Waals surface area contributed by atoms with Crippen molar-refractivity contribution < 1.29 is 42.9 Å². The van der Waals surface area contributed by atoms with E-state index < -0.39 is 42.1 Å². The lowest BCUT2D eigenvalue weighted by Gasteiger charge is -2.27. The Balaban J connectivity index is 1.34. The zero-order valence-electron chi connectivity index (χ0n) is 24.1. The van der Waals surface area contributed by atoms with E-state index in [0.29, 0.717) is 36.3 Å². The van der Waals surface area contributed by atoms with Gasteiger partial charge in [-0.15, -0.1) is 0 Å². The summed E-state index contributed by atoms with van der Waals surface area (Å²) in [5, 5.41) is 9.62. The zero-order chi connectivity index (χ0) is 30.8. The molecule has 2 heterocycles. The van der Waals surface area contributed by atoms with Gasteiger partial charge in [-0.05, 0) is 46.5 Å². The molecule has 0 bridgehead atoms. The van der Waals surface area contributed by atoms with Gasteiger partial charge in [0.25, 0.3) is 0 Å². The van der Waals surface area contributed by atoms with Gasteiger partial charge >= 0.3 is 12.1 Å². The summed E-state index contributed by atoms with van der Waals surface area (Å²) < 4.78 is 28.9. The number of ether oxygens (including phenoxy) is 4. The van der Waals surface area contributed by atoms with Crippen molar-refractivity contribution >= 4 is 33.9 Å². The number of carbonyl (C=O) groups excluding carboxylic acids is 3. The summed E-state index contributed by atoms with van der Waals surface area (Å²) in [6.07, 6.45) is -1.16. The number of cyclic esters (lactones) is 1. The van der Waals surface area contributed by atoms with E-state index in [9.17, 15) is 19.5 Å². The molecule has 230 valence electrons. The molecule has 1 saturated heterocycles. The molecule has 1 aliphatic heterocycles. The standard InChI is InChI=1S/C32H36BrNO9/c1-21(31(37)34-27(20-41-32(34)38)24-12-7-4-8-13-24)30(42-22(2)36)29-16-26(33)28(43-29)14-9-15-39-19-25(17-35)40-18-23-10-5-3-6-11-23/h3-8,10-13,16,21,25,27,30,35H,9,14-15,17-20H2,1-2H3/t21-,25-,27+,30-/m1/s1. The second-order valence-corrected chi connectivity index (χ2v) is 11.1. The van der Waals surface area contributed by atoms with Gasteiger partial charge in [0.15, 0.2) is 6.10 Å². The van der Waals surface area contributed by atoms with Crippen molar-refractivity contribution in [1.29, 1.82) is 0 Å². The Hall–Kier alpha value is -3.51. The van der Waals surface area contributed by atoms with E-state index in [1.54, 1.807) is 13.0 Å². The Bertz CT molecular complexity index is 1350. The molecule has 2 amide bonds. The van der Waals surface area contributed by atoms with Gasteiger partial charge in [0, 0.05) is 20.0 Å². The maximum absolute atomic E-state index is 13.6. The number of halogens is 1. The van der Waals surface area contributed by atoms with E-state index >= 15 is 0 Å². The monoisotopic (exact) mass is 657 g/mol. The molecule has 4 rings (SSSR count). The van der Waals surface area contributed by atoms with Crippen LogP contribution in [-0.4, -0.2) is 60.5 Å². The molecule has 10 nitrogen and oxygen atoms in total. The second-order valence-electron chi connectivity index (χ2n) is 10.2. The number of nitrogens with zero attached hydrogens (tertiary/aromatic N) is 1. The number of benzene rings is 2. The summed E-state index contributed by atoms with van der Waals surface area (Å²) in [6, 6.07) is 19.9. The quantitative estimate of drug-likeness (QED) is 0.166. The van der Waals surface area contributed by atoms with Gasteiger partial charge < -0.3 is 28.5 Å². The minimum Gasteiger partial charge on any atom is -0.461 e. The average Bonchev–Trinajstić information content (AvgIpc) is 3.59. The third kappa shape index (κ3) is 8.76. The Kier molecular flexibility index (Phi) is 11.9. The molecular formula is C32H36BrNO9. The molecule has 0 saturated carbocycles. The van der Waals surface area contributed by atoms with Crippen molar-refractivity contribution in [2.75, 3.05) is 26.4 Å². The van der Waals surface area contributed by atoms with Crippen molar-refractivity contribution in [3.8, 4) is 0 Å². The predicted octanol–water partition coefficient (Wildman–Crippen LogP) is 5.53. The van der Waals surface area contributed by atoms with E-state index in [1.807, 2.05) is 60.7 Å². The number of furan rings is 1. The maximum atomic E-state index is 13.6. The number of aryl methyl sites for hydroxylation is 1. The number of aliphatic hydroxyl groups excluding tert-OH is 1. The fourth-order valence-corrected chi connectivity index (χ4v) is 5.25. The zero-order valence-corrected chi connectivity index (χ0v) is 25.7. The van der Waals surface area contributed by atoms with Crippen LogP contribution < -0.4 is 0 Å². The van der Waals surface area contributed by atoms with Gasteiger partial charge in [-0.2, -0.15) is 0 Å². The van der Waals surface area contributed by atoms with Crippen LogP contribution in [0.2, 0.25) is 0 Å². The lowest BCUT2D eigenvalue weighted by atomic mass is 9.98. The van der Waals surface area contributed by atoms with Crippen molar-refractivity contribution in [2.24, 2.45) is 5.92 Å². The van der Waals surface area contributed by atoms with Crippen LogP contribution in [0.3, 0.4) is 0 Å². The summed E-state index contributed by atoms with van der Waals surface area (Å²) in [6.45, 7) is 3.74. The third-order valence-electron chi connectivity index (χ3n) is 7.02. The minimum absolute atomic E-state index is 0.0380. The molecule has 2 aromatic carbocycles. The fourth-order valence-electron chi connectivity index (χ4n) is 4.75. The van der Waals surface area contributed by atoms with Crippen molar-refractivity contribution in [3.05, 3.63) is 93.9 Å². The van der Waals surface area contributed by atoms with Crippen LogP contribution in [-0.2, 0) is 41.6 Å². The van der Waals surface area contributed by atoms with Crippen molar-refractivity contribution in [2.45, 2.75) is 51.5 Å². The van der Waals surface area contributed by atoms with Gasteiger partial charge in [-0.3, -0.25) is 9.59 Å². The van der Waals surface area contributed by atoms with Crippen molar-refractivity contribution in [1.82, 2.24) is 4.90 Å². The topological polar surface area (TPSA) is 125 Å². The molecule has 1 N–H and O–H groups in total. The second kappa shape index (κ2) is 15.8. The van der Waals surface area contributed by atoms with Gasteiger partial charge in [0.2, 0.25) is 5.91 Å². The molecule has 0 aliphatic carbocycles. The van der Waals surface area contributed by atoms with Crippen LogP contribution >= 0.6 is 15.9 Å². The van der Waals surface area contributed by atoms with Crippen LogP contribution in [0, 0.1) is 5.92 Å². The predicted molar refractivity (Wildman–Crippen MR) is 159 cm³/mol. The number of amides is 2. The highest BCUT2D eigenvalue weighted by Crippen LogP contribution is 2.36. The van der Waals surface area contributed by atoms with E-state index in [0.717, 1.165) is 16.0 Å². The van der Waals surface area contributed by atoms with Crippen LogP contribution in [0.15, 0.2) is 75.6 Å². The number of imide groups is 1. The summed E-state index contributed by atoms with van der Waals surface area (Å²) in [5.41, 5.74) is 1.77. The first-order valence-corrected chi connectivity index (χ1v) is 14.9. The molecule has 1 fully saturated rings. The lowest BCUT2D eigenvalue weighted by molar-refractivity contribution is -0.154. The number of aliphatic hydroxyl groups is 1. The smallest absolute Gasteiger partial charge is 0.417 e. The first-order valence-electron chi connectivity index (χ1n) is 14.1. The van der Waals surface area contributed by atoms with E-state index in [4.69, 9.17) is 23.4 Å². The van der Waals surface area contributed by atoms with E-state index in [-0.39, 0.29) is 25.6 Å². The Morgan fingerprint density at radius 3 is 2.49 bits per heavy atom. The summed E-state index contributed by atoms with van der Waals surface area (Å²) in [4.78, 5) is 39.3. The van der Waals surface area contributed by atoms with E-state index in [2.05, 4.69) is 15.9 Å². The number of rotatable bonds is 15. The highest BCUT2D eigenvalue weighted by Gasteiger charge is 2.44. The molecule has 0 unspecified atom stereocenters. The molecule has 4 atom stereocenters. The van der Waals surface area contributed by atoms with Crippen molar-refractivity contribution in [3.63, 3.8) is 0 Å². The Morgan fingerprint density at radius 1 is 1.12 bits per heavy atom. The van der Waals surface area contributed by atoms with Crippen LogP contribution in [0.4, 0.5) is 4.79 Å². The maximum Gasteiger partial charge on any atom is 0.417 e. The normalized spacial score (nSPS) is 16.9. The Labute approximate surface area is 259 Å². The fraction of sp³-hybridized carbons (Fsp3) is 0.406. The molecule has 0 radical (unpaired) electrons. The molecular weight excluding hydrogens is 622 g/mol. The summed E-state index contributed by atoms with van der Waals surface area (Å²) in [5.74, 6) is -1.21. The lowest BCUT2D eigenvalue weighted by Crippen LogP contribution is -2.40. The molecule has 0 spiro atoms. The molecule has 1 aliphatic rings. The van der Waals surface area contributed by atoms with Crippen LogP contribution in [0.25, 0.3) is 0 Å². The first kappa shape index (κ1) is 32.4. The highest BCUT2D eigenvalue weighted by molar-refractivity contribution is 9.10. The number of hydrogen-bond donors (Lipinski definition) is 1. The molecule has 11 heteroatoms. The SMILES string of the molecule is CC(=O)O[C@@H](c1cc(Br)c(CCCOC[C@@H](CO)OCc2ccccc2)o1)[C@@H](C)C(=O)N1C(=O)OC[C@H]1c1ccccc1. The van der Waals surface area contributed by atoms with Gasteiger partial charge in [-0.1, -0.05) is 60.7 Å². The molecule has 1 aromatic heterocycles. The largest absolute Gasteiger partial charge is 0.461 e. The number of esters is 1. The summed E-state index contributed by atoms with van der Waals surface area (Å²) >= 11 is 3.50. The number of hydrogen-bond acceptors (Lipinski definition) is 9. The molecule has 3 aromatic rings. The summed E-state index contributed by atoms with van der Waals surface area (Å²) in [7, 11) is 0. The van der Waals surface area contributed by atoms with Crippen LogP contribution in [0.1, 0.15) is 55.1 Å². The minimum atomic E-state index is -1.07. The number of carbonyl (C=O) groups is 3. The molecule has 43 heavy (non-hydrogen) atoms. The highest BCUT2D eigenvalue weighted by atomic mass is 79.9. The average molecular weight is 659 g/mol. The van der Waals surface area contributed by atoms with Gasteiger partial charge in [0.1, 0.15) is 30.3 Å². The van der Waals surface area contributed by atoms with Gasteiger partial charge in [-0.25, -0.2) is 9.69 Å². The van der Waals surface area contributed by atoms with E-state index in [1.165, 1.54) is 6.92 Å². The first-order chi connectivity index (χ1) is 20.8.